The van der Waals surface area contributed by atoms with Crippen molar-refractivity contribution in [3.63, 3.8) is 0 Å². The van der Waals surface area contributed by atoms with Crippen molar-refractivity contribution in [1.29, 1.82) is 0 Å². The molecule has 3 aromatic rings. The van der Waals surface area contributed by atoms with Crippen molar-refractivity contribution in [2.45, 2.75) is 30.8 Å². The van der Waals surface area contributed by atoms with Crippen molar-refractivity contribution in [3.05, 3.63) is 83.4 Å². The summed E-state index contributed by atoms with van der Waals surface area (Å²) in [5.41, 5.74) is 2.15. The SMILES string of the molecule is Cc1cccc(C(=O)N(Cc2ccc3c(c2)OCO3)C2CC(=O)N(c3ccc(S(N)(=O)=O)cc3)C2=O)c1. The topological polar surface area (TPSA) is 136 Å². The van der Waals surface area contributed by atoms with Gasteiger partial charge in [0.2, 0.25) is 22.7 Å². The van der Waals surface area contributed by atoms with Gasteiger partial charge in [0.05, 0.1) is 17.0 Å². The third-order valence-corrected chi connectivity index (χ3v) is 7.17. The molecule has 0 saturated carbocycles. The van der Waals surface area contributed by atoms with Crippen LogP contribution in [0.4, 0.5) is 5.69 Å². The summed E-state index contributed by atoms with van der Waals surface area (Å²) < 4.78 is 34.0. The summed E-state index contributed by atoms with van der Waals surface area (Å²) in [6.45, 7) is 2.00. The van der Waals surface area contributed by atoms with Crippen LogP contribution >= 0.6 is 0 Å². The highest BCUT2D eigenvalue weighted by atomic mass is 32.2. The molecule has 2 N–H and O–H groups in total. The third-order valence-electron chi connectivity index (χ3n) is 6.24. The highest BCUT2D eigenvalue weighted by molar-refractivity contribution is 7.89. The number of hydrogen-bond acceptors (Lipinski definition) is 7. The van der Waals surface area contributed by atoms with Crippen LogP contribution in [0.3, 0.4) is 0 Å². The molecule has 0 bridgehead atoms. The van der Waals surface area contributed by atoms with E-state index < -0.39 is 33.8 Å². The predicted molar refractivity (Wildman–Crippen MR) is 132 cm³/mol. The van der Waals surface area contributed by atoms with Crippen LogP contribution in [-0.4, -0.2) is 43.9 Å². The van der Waals surface area contributed by atoms with E-state index in [1.165, 1.54) is 29.2 Å². The normalized spacial score (nSPS) is 16.8. The van der Waals surface area contributed by atoms with Gasteiger partial charge in [-0.3, -0.25) is 14.4 Å². The summed E-state index contributed by atoms with van der Waals surface area (Å²) in [5.74, 6) is -0.382. The lowest BCUT2D eigenvalue weighted by Gasteiger charge is -2.28. The molecule has 1 fully saturated rings. The maximum atomic E-state index is 13.7. The van der Waals surface area contributed by atoms with Gasteiger partial charge in [0, 0.05) is 12.1 Å². The number of amides is 3. The molecule has 0 aliphatic carbocycles. The maximum absolute atomic E-state index is 13.7. The van der Waals surface area contributed by atoms with Gasteiger partial charge in [0.1, 0.15) is 6.04 Å². The minimum atomic E-state index is -3.94. The standard InChI is InChI=1S/C26H23N3O7S/c1-16-3-2-4-18(11-16)25(31)28(14-17-5-10-22-23(12-17)36-15-35-22)21-13-24(30)29(26(21)32)19-6-8-20(9-7-19)37(27,33)34/h2-12,21H,13-15H2,1H3,(H2,27,33,34). The van der Waals surface area contributed by atoms with E-state index >= 15 is 0 Å². The minimum absolute atomic E-state index is 0.0469. The summed E-state index contributed by atoms with van der Waals surface area (Å²) >= 11 is 0. The van der Waals surface area contributed by atoms with Gasteiger partial charge in [-0.15, -0.1) is 0 Å². The fourth-order valence-electron chi connectivity index (χ4n) is 4.42. The molecule has 5 rings (SSSR count). The van der Waals surface area contributed by atoms with Gasteiger partial charge in [-0.2, -0.15) is 0 Å². The number of aryl methyl sites for hydroxylation is 1. The highest BCUT2D eigenvalue weighted by Gasteiger charge is 2.44. The molecule has 0 spiro atoms. The monoisotopic (exact) mass is 521 g/mol. The van der Waals surface area contributed by atoms with Gasteiger partial charge < -0.3 is 14.4 Å². The Bertz CT molecular complexity index is 1520. The average Bonchev–Trinajstić information content (AvgIpc) is 3.45. The molecule has 0 radical (unpaired) electrons. The van der Waals surface area contributed by atoms with Crippen LogP contribution in [0.25, 0.3) is 0 Å². The maximum Gasteiger partial charge on any atom is 0.257 e. The molecule has 11 heteroatoms. The zero-order valence-electron chi connectivity index (χ0n) is 19.8. The number of anilines is 1. The molecule has 37 heavy (non-hydrogen) atoms. The number of ether oxygens (including phenoxy) is 2. The van der Waals surface area contributed by atoms with E-state index in [9.17, 15) is 22.8 Å². The third kappa shape index (κ3) is 4.78. The number of nitrogens with zero attached hydrogens (tertiary/aromatic N) is 2. The molecule has 1 unspecified atom stereocenters. The fraction of sp³-hybridized carbons (Fsp3) is 0.192. The molecule has 190 valence electrons. The Morgan fingerprint density at radius 3 is 2.46 bits per heavy atom. The zero-order valence-corrected chi connectivity index (χ0v) is 20.6. The summed E-state index contributed by atoms with van der Waals surface area (Å²) in [6.07, 6.45) is -0.224. The molecule has 2 heterocycles. The molecule has 0 aromatic heterocycles. The van der Waals surface area contributed by atoms with E-state index in [0.717, 1.165) is 10.5 Å². The number of fused-ring (bicyclic) bond motifs is 1. The summed E-state index contributed by atoms with van der Waals surface area (Å²) in [4.78, 5) is 42.4. The molecule has 1 atom stereocenters. The Kier molecular flexibility index (Phi) is 6.18. The van der Waals surface area contributed by atoms with E-state index in [0.29, 0.717) is 22.6 Å². The number of imide groups is 1. The molecule has 10 nitrogen and oxygen atoms in total. The summed E-state index contributed by atoms with van der Waals surface area (Å²) in [6, 6.07) is 16.3. The molecule has 3 amide bonds. The number of carbonyl (C=O) groups is 3. The van der Waals surface area contributed by atoms with Crippen LogP contribution < -0.4 is 19.5 Å². The molecule has 2 aliphatic heterocycles. The van der Waals surface area contributed by atoms with Crippen LogP contribution in [0, 0.1) is 6.92 Å². The van der Waals surface area contributed by atoms with Gasteiger partial charge in [-0.05, 0) is 61.0 Å². The van der Waals surface area contributed by atoms with Crippen LogP contribution in [0.2, 0.25) is 0 Å². The van der Waals surface area contributed by atoms with Crippen LogP contribution in [-0.2, 0) is 26.2 Å². The number of sulfonamides is 1. The first-order chi connectivity index (χ1) is 17.6. The smallest absolute Gasteiger partial charge is 0.257 e. The Morgan fingerprint density at radius 2 is 1.76 bits per heavy atom. The van der Waals surface area contributed by atoms with Crippen molar-refractivity contribution in [2.75, 3.05) is 11.7 Å². The van der Waals surface area contributed by atoms with Crippen molar-refractivity contribution < 1.29 is 32.3 Å². The quantitative estimate of drug-likeness (QED) is 0.492. The Hall–Kier alpha value is -4.22. The lowest BCUT2D eigenvalue weighted by atomic mass is 10.1. The van der Waals surface area contributed by atoms with E-state index in [1.807, 2.05) is 13.0 Å². The molecule has 1 saturated heterocycles. The fourth-order valence-corrected chi connectivity index (χ4v) is 4.93. The second kappa shape index (κ2) is 9.34. The number of primary sulfonamides is 1. The van der Waals surface area contributed by atoms with Crippen molar-refractivity contribution in [1.82, 2.24) is 4.90 Å². The number of nitrogens with two attached hydrogens (primary N) is 1. The summed E-state index contributed by atoms with van der Waals surface area (Å²) in [7, 11) is -3.94. The predicted octanol–water partition coefficient (Wildman–Crippen LogP) is 2.35. The van der Waals surface area contributed by atoms with Gasteiger partial charge >= 0.3 is 0 Å². The second-order valence-corrected chi connectivity index (χ2v) is 10.4. The van der Waals surface area contributed by atoms with Gasteiger partial charge in [0.15, 0.2) is 11.5 Å². The van der Waals surface area contributed by atoms with Crippen LogP contribution in [0.15, 0.2) is 71.6 Å². The Labute approximate surface area is 213 Å². The van der Waals surface area contributed by atoms with E-state index in [2.05, 4.69) is 0 Å². The van der Waals surface area contributed by atoms with Gasteiger partial charge in [-0.25, -0.2) is 18.5 Å². The zero-order chi connectivity index (χ0) is 26.3. The van der Waals surface area contributed by atoms with Crippen molar-refractivity contribution >= 4 is 33.4 Å². The number of rotatable bonds is 6. The van der Waals surface area contributed by atoms with Crippen molar-refractivity contribution in [3.8, 4) is 11.5 Å². The molecule has 3 aromatic carbocycles. The molecular formula is C26H23N3O7S. The average molecular weight is 522 g/mol. The first-order valence-electron chi connectivity index (χ1n) is 11.4. The van der Waals surface area contributed by atoms with E-state index in [1.54, 1.807) is 36.4 Å². The molecule has 2 aliphatic rings. The first-order valence-corrected chi connectivity index (χ1v) is 12.9. The second-order valence-electron chi connectivity index (χ2n) is 8.82. The van der Waals surface area contributed by atoms with Gasteiger partial charge in [-0.1, -0.05) is 23.8 Å². The molecular weight excluding hydrogens is 498 g/mol. The lowest BCUT2D eigenvalue weighted by molar-refractivity contribution is -0.122. The Morgan fingerprint density at radius 1 is 1.03 bits per heavy atom. The number of carbonyl (C=O) groups excluding carboxylic acids is 3. The van der Waals surface area contributed by atoms with Crippen LogP contribution in [0.5, 0.6) is 11.5 Å². The largest absolute Gasteiger partial charge is 0.454 e. The first kappa shape index (κ1) is 24.5. The van der Waals surface area contributed by atoms with E-state index in [-0.39, 0.29) is 30.3 Å². The lowest BCUT2D eigenvalue weighted by Crippen LogP contribution is -2.45. The Balaban J connectivity index is 1.48. The van der Waals surface area contributed by atoms with Crippen molar-refractivity contribution in [2.24, 2.45) is 5.14 Å². The van der Waals surface area contributed by atoms with Crippen LogP contribution in [0.1, 0.15) is 27.9 Å². The summed E-state index contributed by atoms with van der Waals surface area (Å²) in [5, 5.41) is 5.15. The number of hydrogen-bond donors (Lipinski definition) is 1. The van der Waals surface area contributed by atoms with E-state index in [4.69, 9.17) is 14.6 Å². The minimum Gasteiger partial charge on any atom is -0.454 e. The number of benzene rings is 3. The highest BCUT2D eigenvalue weighted by Crippen LogP contribution is 2.34. The van der Waals surface area contributed by atoms with Gasteiger partial charge in [0.25, 0.3) is 11.8 Å².